The third-order valence-corrected chi connectivity index (χ3v) is 9.42. The number of hydrogen-bond donors (Lipinski definition) is 4. The Morgan fingerprint density at radius 3 is 1.09 bits per heavy atom. The van der Waals surface area contributed by atoms with Crippen molar-refractivity contribution in [3.8, 4) is 0 Å². The van der Waals surface area contributed by atoms with Crippen molar-refractivity contribution >= 4 is 5.91 Å². The van der Waals surface area contributed by atoms with Crippen LogP contribution in [0.4, 0.5) is 0 Å². The first-order valence-electron chi connectivity index (χ1n) is 19.8. The fourth-order valence-electron chi connectivity index (χ4n) is 6.35. The lowest BCUT2D eigenvalue weighted by Gasteiger charge is -2.23. The van der Waals surface area contributed by atoms with Crippen molar-refractivity contribution in [2.45, 2.75) is 238 Å². The van der Waals surface area contributed by atoms with Crippen LogP contribution < -0.4 is 5.32 Å². The average Bonchev–Trinajstić information content (AvgIpc) is 3.01. The fourth-order valence-corrected chi connectivity index (χ4v) is 6.35. The molecule has 1 amide bonds. The van der Waals surface area contributed by atoms with Gasteiger partial charge in [-0.2, -0.15) is 0 Å². The second-order valence-corrected chi connectivity index (χ2v) is 13.9. The van der Waals surface area contributed by atoms with Crippen molar-refractivity contribution in [1.82, 2.24) is 5.32 Å². The Balaban J connectivity index is 3.60. The molecule has 44 heavy (non-hydrogen) atoms. The first-order chi connectivity index (χ1) is 21.5. The third kappa shape index (κ3) is 31.3. The smallest absolute Gasteiger partial charge is 0.222 e. The number of hydrogen-bond acceptors (Lipinski definition) is 4. The van der Waals surface area contributed by atoms with Crippen LogP contribution >= 0.6 is 0 Å². The summed E-state index contributed by atoms with van der Waals surface area (Å²) in [6.07, 6.45) is 37.7. The van der Waals surface area contributed by atoms with Gasteiger partial charge in [0.2, 0.25) is 5.91 Å². The summed E-state index contributed by atoms with van der Waals surface area (Å²) in [5.41, 5.74) is 0. The first-order valence-corrected chi connectivity index (χ1v) is 19.8. The minimum Gasteiger partial charge on any atom is -0.394 e. The Bertz CT molecular complexity index is 572. The molecule has 5 heteroatoms. The van der Waals surface area contributed by atoms with Gasteiger partial charge in [0.15, 0.2) is 0 Å². The van der Waals surface area contributed by atoms with Crippen LogP contribution in [0.5, 0.6) is 0 Å². The number of aliphatic hydroxyl groups excluding tert-OH is 3. The van der Waals surface area contributed by atoms with Gasteiger partial charge >= 0.3 is 0 Å². The number of carbonyl (C=O) groups is 1. The van der Waals surface area contributed by atoms with Crippen molar-refractivity contribution in [1.29, 1.82) is 0 Å². The highest BCUT2D eigenvalue weighted by molar-refractivity contribution is 5.76. The summed E-state index contributed by atoms with van der Waals surface area (Å²) in [5, 5.41) is 33.2. The molecule has 0 aliphatic rings. The maximum absolute atomic E-state index is 12.4. The molecule has 3 atom stereocenters. The third-order valence-electron chi connectivity index (χ3n) is 9.42. The molecule has 0 bridgehead atoms. The summed E-state index contributed by atoms with van der Waals surface area (Å²) in [6.45, 7) is 4.26. The Morgan fingerprint density at radius 1 is 0.477 bits per heavy atom. The molecule has 0 aliphatic heterocycles. The maximum Gasteiger partial charge on any atom is 0.222 e. The Labute approximate surface area is 275 Å². The first kappa shape index (κ1) is 43.4. The van der Waals surface area contributed by atoms with Crippen LogP contribution in [0.2, 0.25) is 0 Å². The quantitative estimate of drug-likeness (QED) is 0.0521. The van der Waals surface area contributed by atoms with E-state index in [1.165, 1.54) is 161 Å². The lowest BCUT2D eigenvalue weighted by Crippen LogP contribution is -2.46. The van der Waals surface area contributed by atoms with Gasteiger partial charge in [0.05, 0.1) is 31.3 Å². The van der Waals surface area contributed by atoms with Crippen molar-refractivity contribution in [3.63, 3.8) is 0 Å². The highest BCUT2D eigenvalue weighted by atomic mass is 16.3. The Morgan fingerprint density at radius 2 is 0.773 bits per heavy atom. The van der Waals surface area contributed by atoms with Crippen LogP contribution in [0.3, 0.4) is 0 Å². The molecule has 0 spiro atoms. The zero-order valence-electron chi connectivity index (χ0n) is 29.8. The van der Waals surface area contributed by atoms with Crippen molar-refractivity contribution in [2.24, 2.45) is 0 Å². The lowest BCUT2D eigenvalue weighted by atomic mass is 10.0. The van der Waals surface area contributed by atoms with Crippen LogP contribution in [0.1, 0.15) is 219 Å². The predicted molar refractivity (Wildman–Crippen MR) is 190 cm³/mol. The lowest BCUT2D eigenvalue weighted by molar-refractivity contribution is -0.125. The zero-order chi connectivity index (χ0) is 32.4. The van der Waals surface area contributed by atoms with Gasteiger partial charge in [-0.05, 0) is 12.8 Å². The fraction of sp³-hybridized carbons (Fsp3) is 0.974. The summed E-state index contributed by atoms with van der Waals surface area (Å²) in [6, 6.07) is -0.650. The highest BCUT2D eigenvalue weighted by Crippen LogP contribution is 2.16. The molecule has 3 unspecified atom stereocenters. The van der Waals surface area contributed by atoms with Crippen LogP contribution in [0.25, 0.3) is 0 Å². The van der Waals surface area contributed by atoms with Gasteiger partial charge in [0.25, 0.3) is 0 Å². The molecule has 0 radical (unpaired) electrons. The van der Waals surface area contributed by atoms with E-state index >= 15 is 0 Å². The molecule has 0 saturated heterocycles. The van der Waals surface area contributed by atoms with E-state index in [0.29, 0.717) is 12.8 Å². The van der Waals surface area contributed by atoms with Crippen molar-refractivity contribution in [3.05, 3.63) is 0 Å². The van der Waals surface area contributed by atoms with Gasteiger partial charge < -0.3 is 20.6 Å². The summed E-state index contributed by atoms with van der Waals surface area (Å²) in [7, 11) is 0. The van der Waals surface area contributed by atoms with Crippen LogP contribution in [-0.2, 0) is 4.79 Å². The van der Waals surface area contributed by atoms with E-state index < -0.39 is 18.2 Å². The molecule has 0 rings (SSSR count). The molecule has 0 aromatic carbocycles. The van der Waals surface area contributed by atoms with E-state index in [1.54, 1.807) is 0 Å². The monoisotopic (exact) mass is 626 g/mol. The van der Waals surface area contributed by atoms with Gasteiger partial charge in [0.1, 0.15) is 0 Å². The second kappa shape index (κ2) is 35.2. The summed E-state index contributed by atoms with van der Waals surface area (Å²) in [5.74, 6) is -0.280. The average molecular weight is 626 g/mol. The molecule has 264 valence electrons. The van der Waals surface area contributed by atoms with E-state index in [1.807, 2.05) is 0 Å². The molecule has 0 aromatic rings. The molecule has 0 heterocycles. The molecule has 4 N–H and O–H groups in total. The highest BCUT2D eigenvalue weighted by Gasteiger charge is 2.21. The number of nitrogens with one attached hydrogen (secondary N) is 1. The van der Waals surface area contributed by atoms with Gasteiger partial charge in [-0.1, -0.05) is 200 Å². The molecular weight excluding hydrogens is 546 g/mol. The van der Waals surface area contributed by atoms with Crippen molar-refractivity contribution in [2.75, 3.05) is 6.61 Å². The summed E-state index contributed by atoms with van der Waals surface area (Å²) in [4.78, 5) is 12.4. The summed E-state index contributed by atoms with van der Waals surface area (Å²) < 4.78 is 0. The zero-order valence-corrected chi connectivity index (χ0v) is 29.8. The molecule has 0 aromatic heterocycles. The van der Waals surface area contributed by atoms with Gasteiger partial charge in [-0.15, -0.1) is 0 Å². The van der Waals surface area contributed by atoms with Crippen LogP contribution in [0, 0.1) is 0 Å². The maximum atomic E-state index is 12.4. The largest absolute Gasteiger partial charge is 0.394 e. The van der Waals surface area contributed by atoms with E-state index in [-0.39, 0.29) is 18.9 Å². The van der Waals surface area contributed by atoms with E-state index in [0.717, 1.165) is 25.7 Å². The SMILES string of the molecule is CCCCCCCCCCCCCCCCCCCC(O)CC(=O)NC(CO)C(O)CCCCCCCCCCCCCC. The normalized spacial score (nSPS) is 13.7. The number of unbranched alkanes of at least 4 members (excludes halogenated alkanes) is 27. The van der Waals surface area contributed by atoms with E-state index in [9.17, 15) is 20.1 Å². The van der Waals surface area contributed by atoms with E-state index in [2.05, 4.69) is 19.2 Å². The topological polar surface area (TPSA) is 89.8 Å². The number of amides is 1. The Kier molecular flexibility index (Phi) is 34.7. The number of rotatable bonds is 36. The number of carbonyl (C=O) groups excluding carboxylic acids is 1. The number of aliphatic hydroxyl groups is 3. The van der Waals surface area contributed by atoms with Gasteiger partial charge in [-0.25, -0.2) is 0 Å². The molecular formula is C39H79NO4. The molecule has 0 fully saturated rings. The summed E-state index contributed by atoms with van der Waals surface area (Å²) >= 11 is 0. The standard InChI is InChI=1S/C39H79NO4/c1-3-5-7-9-11-13-15-17-18-19-20-21-22-24-26-28-30-32-36(42)34-39(44)40-37(35-41)38(43)33-31-29-27-25-23-16-14-12-10-8-6-4-2/h36-38,41-43H,3-35H2,1-2H3,(H,40,44). The van der Waals surface area contributed by atoms with Gasteiger partial charge in [0, 0.05) is 0 Å². The Hall–Kier alpha value is -0.650. The molecule has 0 saturated carbocycles. The minimum absolute atomic E-state index is 0.0423. The van der Waals surface area contributed by atoms with Gasteiger partial charge in [-0.3, -0.25) is 4.79 Å². The van der Waals surface area contributed by atoms with Crippen LogP contribution in [-0.4, -0.2) is 46.1 Å². The minimum atomic E-state index is -0.741. The molecule has 0 aliphatic carbocycles. The predicted octanol–water partition coefficient (Wildman–Crippen LogP) is 10.7. The molecule has 5 nitrogen and oxygen atoms in total. The second-order valence-electron chi connectivity index (χ2n) is 13.9. The van der Waals surface area contributed by atoms with Crippen molar-refractivity contribution < 1.29 is 20.1 Å². The van der Waals surface area contributed by atoms with E-state index in [4.69, 9.17) is 0 Å². The van der Waals surface area contributed by atoms with Crippen LogP contribution in [0.15, 0.2) is 0 Å².